The van der Waals surface area contributed by atoms with Gasteiger partial charge in [0.2, 0.25) is 5.91 Å². The lowest BCUT2D eigenvalue weighted by molar-refractivity contribution is -0.119. The van der Waals surface area contributed by atoms with E-state index >= 15 is 0 Å². The van der Waals surface area contributed by atoms with Crippen LogP contribution < -0.4 is 5.32 Å². The molecule has 0 saturated carbocycles. The van der Waals surface area contributed by atoms with Gasteiger partial charge in [-0.2, -0.15) is 11.8 Å². The molecule has 2 aliphatic heterocycles. The molecule has 2 unspecified atom stereocenters. The molecule has 2 aromatic rings. The summed E-state index contributed by atoms with van der Waals surface area (Å²) in [6.07, 6.45) is 1.11. The molecule has 0 saturated heterocycles. The Balaban J connectivity index is 1.76. The average Bonchev–Trinajstić information content (AvgIpc) is 3.06. The molecule has 0 aliphatic carbocycles. The van der Waals surface area contributed by atoms with E-state index in [0.29, 0.717) is 0 Å². The fourth-order valence-electron chi connectivity index (χ4n) is 3.04. The Bertz CT molecular complexity index is 735. The first-order valence-corrected chi connectivity index (χ1v) is 10.2. The molecule has 22 heavy (non-hydrogen) atoms. The molecule has 6 heteroatoms. The monoisotopic (exact) mass is 348 g/mol. The van der Waals surface area contributed by atoms with E-state index in [9.17, 15) is 4.79 Å². The predicted molar refractivity (Wildman–Crippen MR) is 96.5 cm³/mol. The Morgan fingerprint density at radius 3 is 3.05 bits per heavy atom. The molecular weight excluding hydrogens is 332 g/mol. The minimum atomic E-state index is 0.0381. The highest BCUT2D eigenvalue weighted by Gasteiger charge is 2.39. The molecule has 2 atom stereocenters. The van der Waals surface area contributed by atoms with Crippen LogP contribution in [-0.4, -0.2) is 27.8 Å². The van der Waals surface area contributed by atoms with Crippen LogP contribution >= 0.6 is 34.9 Å². The summed E-state index contributed by atoms with van der Waals surface area (Å²) < 4.78 is 1.23. The molecule has 3 heterocycles. The van der Waals surface area contributed by atoms with Crippen molar-refractivity contribution in [1.82, 2.24) is 10.3 Å². The second-order valence-corrected chi connectivity index (χ2v) is 8.89. The van der Waals surface area contributed by atoms with Crippen LogP contribution in [0.4, 0.5) is 0 Å². The second-order valence-electron chi connectivity index (χ2n) is 5.49. The van der Waals surface area contributed by atoms with Crippen molar-refractivity contribution in [3.63, 3.8) is 0 Å². The minimum absolute atomic E-state index is 0.0381. The number of aromatic nitrogens is 1. The summed E-state index contributed by atoms with van der Waals surface area (Å²) in [5.41, 5.74) is 2.56. The second kappa shape index (κ2) is 5.91. The van der Waals surface area contributed by atoms with Crippen LogP contribution in [0.3, 0.4) is 0 Å². The molecular formula is C16H16N2OS3. The first-order valence-electron chi connectivity index (χ1n) is 7.31. The van der Waals surface area contributed by atoms with Gasteiger partial charge >= 0.3 is 0 Å². The van der Waals surface area contributed by atoms with E-state index in [0.717, 1.165) is 22.7 Å². The lowest BCUT2D eigenvalue weighted by atomic mass is 9.96. The normalized spacial score (nSPS) is 24.6. The number of carbonyl (C=O) groups excluding carboxylic acids is 1. The first-order chi connectivity index (χ1) is 10.7. The molecule has 1 N–H and O–H groups in total. The van der Waals surface area contributed by atoms with E-state index in [-0.39, 0.29) is 17.2 Å². The molecule has 0 spiro atoms. The zero-order chi connectivity index (χ0) is 15.1. The van der Waals surface area contributed by atoms with E-state index in [2.05, 4.69) is 23.5 Å². The summed E-state index contributed by atoms with van der Waals surface area (Å²) in [7, 11) is 0. The molecule has 4 rings (SSSR count). The van der Waals surface area contributed by atoms with Crippen LogP contribution in [0.2, 0.25) is 0 Å². The largest absolute Gasteiger partial charge is 0.343 e. The van der Waals surface area contributed by atoms with Crippen LogP contribution in [0.25, 0.3) is 10.2 Å². The predicted octanol–water partition coefficient (Wildman–Crippen LogP) is 3.98. The molecule has 3 nitrogen and oxygen atoms in total. The van der Waals surface area contributed by atoms with Crippen molar-refractivity contribution in [3.8, 4) is 0 Å². The number of thiazole rings is 1. The molecule has 1 amide bonds. The Morgan fingerprint density at radius 1 is 1.36 bits per heavy atom. The third kappa shape index (κ3) is 2.57. The smallest absolute Gasteiger partial charge is 0.217 e. The lowest BCUT2D eigenvalue weighted by Gasteiger charge is -2.21. The highest BCUT2D eigenvalue weighted by molar-refractivity contribution is 8.06. The zero-order valence-electron chi connectivity index (χ0n) is 12.2. The van der Waals surface area contributed by atoms with Crippen molar-refractivity contribution < 1.29 is 4.79 Å². The van der Waals surface area contributed by atoms with Crippen LogP contribution in [0, 0.1) is 0 Å². The quantitative estimate of drug-likeness (QED) is 0.891. The van der Waals surface area contributed by atoms with Gasteiger partial charge in [0.1, 0.15) is 5.01 Å². The third-order valence-electron chi connectivity index (χ3n) is 3.98. The highest BCUT2D eigenvalue weighted by Crippen LogP contribution is 2.52. The number of benzene rings is 1. The molecule has 1 aromatic carbocycles. The standard InChI is InChI=1S/C16H16N2OS3/c1-9(19)17-15-14(10-6-7-20-8-13(10)22-15)16-18-11-4-2-3-5-12(11)21-16/h2-5,14-15H,6-8H2,1H3,(H,17,19). The first kappa shape index (κ1) is 14.6. The maximum Gasteiger partial charge on any atom is 0.217 e. The number of nitrogens with zero attached hydrogens (tertiary/aromatic N) is 1. The number of amides is 1. The summed E-state index contributed by atoms with van der Waals surface area (Å²) in [5, 5.41) is 4.37. The van der Waals surface area contributed by atoms with Gasteiger partial charge < -0.3 is 5.32 Å². The maximum atomic E-state index is 11.6. The van der Waals surface area contributed by atoms with Crippen LogP contribution in [0.15, 0.2) is 34.7 Å². The van der Waals surface area contributed by atoms with E-state index in [1.807, 2.05) is 29.6 Å². The molecule has 1 aromatic heterocycles. The Morgan fingerprint density at radius 2 is 2.23 bits per heavy atom. The number of carbonyl (C=O) groups is 1. The Labute approximate surface area is 142 Å². The van der Waals surface area contributed by atoms with E-state index in [4.69, 9.17) is 4.98 Å². The third-order valence-corrected chi connectivity index (χ3v) is 7.60. The fourth-order valence-corrected chi connectivity index (χ4v) is 7.00. The van der Waals surface area contributed by atoms with Gasteiger partial charge in [0.15, 0.2) is 0 Å². The number of fused-ring (bicyclic) bond motifs is 1. The number of nitrogens with one attached hydrogen (secondary N) is 1. The van der Waals surface area contributed by atoms with Gasteiger partial charge in [0.05, 0.1) is 21.5 Å². The van der Waals surface area contributed by atoms with Gasteiger partial charge in [-0.3, -0.25) is 4.79 Å². The summed E-state index contributed by atoms with van der Waals surface area (Å²) >= 11 is 5.58. The number of hydrogen-bond donors (Lipinski definition) is 1. The van der Waals surface area contributed by atoms with Gasteiger partial charge in [-0.25, -0.2) is 4.98 Å². The van der Waals surface area contributed by atoms with Crippen molar-refractivity contribution in [1.29, 1.82) is 0 Å². The van der Waals surface area contributed by atoms with Gasteiger partial charge in [0.25, 0.3) is 0 Å². The van der Waals surface area contributed by atoms with Crippen LogP contribution in [0.1, 0.15) is 24.3 Å². The van der Waals surface area contributed by atoms with Crippen molar-refractivity contribution in [2.75, 3.05) is 11.5 Å². The summed E-state index contributed by atoms with van der Waals surface area (Å²) in [6.45, 7) is 1.60. The average molecular weight is 349 g/mol. The van der Waals surface area contributed by atoms with Crippen molar-refractivity contribution in [2.24, 2.45) is 0 Å². The van der Waals surface area contributed by atoms with Gasteiger partial charge in [0, 0.05) is 12.7 Å². The Hall–Kier alpha value is -0.980. The minimum Gasteiger partial charge on any atom is -0.343 e. The van der Waals surface area contributed by atoms with Crippen LogP contribution in [0.5, 0.6) is 0 Å². The van der Waals surface area contributed by atoms with Gasteiger partial charge in [-0.1, -0.05) is 12.1 Å². The highest BCUT2D eigenvalue weighted by atomic mass is 32.2. The number of thioether (sulfide) groups is 2. The number of hydrogen-bond acceptors (Lipinski definition) is 5. The fraction of sp³-hybridized carbons (Fsp3) is 0.375. The zero-order valence-corrected chi connectivity index (χ0v) is 14.6. The van der Waals surface area contributed by atoms with Crippen molar-refractivity contribution in [2.45, 2.75) is 24.6 Å². The number of rotatable bonds is 2. The van der Waals surface area contributed by atoms with Crippen LogP contribution in [-0.2, 0) is 4.79 Å². The molecule has 114 valence electrons. The molecule has 2 aliphatic rings. The maximum absolute atomic E-state index is 11.6. The summed E-state index contributed by atoms with van der Waals surface area (Å²) in [4.78, 5) is 17.9. The molecule has 0 radical (unpaired) electrons. The SMILES string of the molecule is CC(=O)NC1SC2=C(CCSC2)C1c1nc2ccccc2s1. The number of para-hydroxylation sites is 1. The lowest BCUT2D eigenvalue weighted by Crippen LogP contribution is -2.33. The van der Waals surface area contributed by atoms with Crippen molar-refractivity contribution >= 4 is 51.0 Å². The Kier molecular flexibility index (Phi) is 3.92. The summed E-state index contributed by atoms with van der Waals surface area (Å²) in [6, 6.07) is 8.28. The van der Waals surface area contributed by atoms with Crippen molar-refractivity contribution in [3.05, 3.63) is 39.8 Å². The van der Waals surface area contributed by atoms with E-state index in [1.165, 1.54) is 20.9 Å². The topological polar surface area (TPSA) is 42.0 Å². The van der Waals surface area contributed by atoms with E-state index < -0.39 is 0 Å². The molecule has 0 bridgehead atoms. The van der Waals surface area contributed by atoms with Gasteiger partial charge in [-0.15, -0.1) is 23.1 Å². The summed E-state index contributed by atoms with van der Waals surface area (Å²) in [5.74, 6) is 2.53. The molecule has 0 fully saturated rings. The van der Waals surface area contributed by atoms with Gasteiger partial charge in [-0.05, 0) is 34.8 Å². The van der Waals surface area contributed by atoms with E-state index in [1.54, 1.807) is 18.3 Å².